The predicted octanol–water partition coefficient (Wildman–Crippen LogP) is 0.879. The molecular weight excluding hydrogens is 222 g/mol. The maximum absolute atomic E-state index is 12.1. The molecule has 0 aromatic carbocycles. The molecule has 0 radical (unpaired) electrons. The number of nitrogens with zero attached hydrogens (tertiary/aromatic N) is 1. The van der Waals surface area contributed by atoms with E-state index in [2.05, 4.69) is 0 Å². The van der Waals surface area contributed by atoms with Gasteiger partial charge in [-0.25, -0.2) is 0 Å². The van der Waals surface area contributed by atoms with Crippen LogP contribution in [-0.4, -0.2) is 47.7 Å². The number of ether oxygens (including phenoxy) is 1. The highest BCUT2D eigenvalue weighted by Crippen LogP contribution is 2.23. The quantitative estimate of drug-likeness (QED) is 0.796. The van der Waals surface area contributed by atoms with Crippen LogP contribution in [0.3, 0.4) is 0 Å². The normalized spacial score (nSPS) is 29.3. The molecule has 2 aliphatic heterocycles. The van der Waals surface area contributed by atoms with Gasteiger partial charge in [0.1, 0.15) is 6.10 Å². The van der Waals surface area contributed by atoms with Crippen molar-refractivity contribution < 1.29 is 19.4 Å². The van der Waals surface area contributed by atoms with E-state index in [0.717, 1.165) is 25.7 Å². The molecule has 0 bridgehead atoms. The van der Waals surface area contributed by atoms with Crippen molar-refractivity contribution in [3.8, 4) is 0 Å². The van der Waals surface area contributed by atoms with Crippen LogP contribution in [0.1, 0.15) is 32.1 Å². The van der Waals surface area contributed by atoms with E-state index < -0.39 is 5.97 Å². The first-order chi connectivity index (χ1) is 8.16. The summed E-state index contributed by atoms with van der Waals surface area (Å²) >= 11 is 0. The zero-order valence-corrected chi connectivity index (χ0v) is 9.93. The fourth-order valence-corrected chi connectivity index (χ4v) is 2.59. The summed E-state index contributed by atoms with van der Waals surface area (Å²) in [4.78, 5) is 24.5. The lowest BCUT2D eigenvalue weighted by atomic mass is 10.1. The fourth-order valence-electron chi connectivity index (χ4n) is 2.59. The molecule has 2 fully saturated rings. The van der Waals surface area contributed by atoms with E-state index in [1.807, 2.05) is 0 Å². The average Bonchev–Trinajstić information content (AvgIpc) is 2.77. The summed E-state index contributed by atoms with van der Waals surface area (Å²) in [6, 6.07) is 0. The first kappa shape index (κ1) is 12.4. The Labute approximate surface area is 101 Å². The molecule has 1 N–H and O–H groups in total. The molecule has 0 aliphatic carbocycles. The minimum atomic E-state index is -0.779. The number of hydrogen-bond acceptors (Lipinski definition) is 3. The summed E-state index contributed by atoms with van der Waals surface area (Å²) in [5.41, 5.74) is 0. The van der Waals surface area contributed by atoms with Gasteiger partial charge in [-0.1, -0.05) is 0 Å². The number of carbonyl (C=O) groups is 2. The molecular formula is C12H19NO4. The number of aliphatic carboxylic acids is 1. The largest absolute Gasteiger partial charge is 0.481 e. The van der Waals surface area contributed by atoms with Gasteiger partial charge in [0.25, 0.3) is 5.91 Å². The van der Waals surface area contributed by atoms with Gasteiger partial charge in [0.05, 0.1) is 0 Å². The molecule has 0 aromatic heterocycles. The first-order valence-electron chi connectivity index (χ1n) is 6.29. The number of carboxylic acids is 1. The second kappa shape index (κ2) is 5.49. The molecule has 0 saturated carbocycles. The lowest BCUT2D eigenvalue weighted by Crippen LogP contribution is -2.40. The van der Waals surface area contributed by atoms with Crippen LogP contribution >= 0.6 is 0 Å². The van der Waals surface area contributed by atoms with Crippen molar-refractivity contribution in [2.75, 3.05) is 19.7 Å². The van der Waals surface area contributed by atoms with E-state index in [9.17, 15) is 9.59 Å². The van der Waals surface area contributed by atoms with E-state index in [4.69, 9.17) is 9.84 Å². The van der Waals surface area contributed by atoms with Gasteiger partial charge in [-0.2, -0.15) is 0 Å². The van der Waals surface area contributed by atoms with Crippen LogP contribution in [-0.2, 0) is 14.3 Å². The number of hydrogen-bond donors (Lipinski definition) is 1. The van der Waals surface area contributed by atoms with Crippen LogP contribution in [0.15, 0.2) is 0 Å². The summed E-state index contributed by atoms with van der Waals surface area (Å²) in [7, 11) is 0. The minimum Gasteiger partial charge on any atom is -0.481 e. The lowest BCUT2D eigenvalue weighted by molar-refractivity contribution is -0.146. The minimum absolute atomic E-state index is 0.0533. The van der Waals surface area contributed by atoms with Crippen molar-refractivity contribution in [1.29, 1.82) is 0 Å². The lowest BCUT2D eigenvalue weighted by Gasteiger charge is -2.26. The van der Waals surface area contributed by atoms with Crippen LogP contribution in [0, 0.1) is 5.92 Å². The van der Waals surface area contributed by atoms with Crippen LogP contribution in [0.2, 0.25) is 0 Å². The van der Waals surface area contributed by atoms with Gasteiger partial charge in [0.2, 0.25) is 0 Å². The van der Waals surface area contributed by atoms with Gasteiger partial charge in [0, 0.05) is 26.1 Å². The van der Waals surface area contributed by atoms with Crippen molar-refractivity contribution in [3.63, 3.8) is 0 Å². The van der Waals surface area contributed by atoms with E-state index in [1.165, 1.54) is 0 Å². The third-order valence-electron chi connectivity index (χ3n) is 3.52. The standard InChI is InChI=1S/C12H19NO4/c14-11(15)7-9-4-5-13(8-9)12(16)10-3-1-2-6-17-10/h9-10H,1-8H2,(H,14,15). The number of carbonyl (C=O) groups excluding carboxylic acids is 1. The molecule has 2 aliphatic rings. The Balaban J connectivity index is 1.82. The van der Waals surface area contributed by atoms with Gasteiger partial charge >= 0.3 is 5.97 Å². The van der Waals surface area contributed by atoms with Crippen LogP contribution in [0.4, 0.5) is 0 Å². The number of likely N-dealkylation sites (tertiary alicyclic amines) is 1. The zero-order chi connectivity index (χ0) is 12.3. The van der Waals surface area contributed by atoms with Gasteiger partial charge < -0.3 is 14.7 Å². The first-order valence-corrected chi connectivity index (χ1v) is 6.29. The molecule has 1 amide bonds. The van der Waals surface area contributed by atoms with Gasteiger partial charge in [0.15, 0.2) is 0 Å². The highest BCUT2D eigenvalue weighted by Gasteiger charge is 2.32. The van der Waals surface area contributed by atoms with E-state index in [1.54, 1.807) is 4.90 Å². The topological polar surface area (TPSA) is 66.8 Å². The van der Waals surface area contributed by atoms with Crippen LogP contribution < -0.4 is 0 Å². The maximum atomic E-state index is 12.1. The Morgan fingerprint density at radius 1 is 1.29 bits per heavy atom. The third-order valence-corrected chi connectivity index (χ3v) is 3.52. The van der Waals surface area contributed by atoms with Gasteiger partial charge in [-0.15, -0.1) is 0 Å². The summed E-state index contributed by atoms with van der Waals surface area (Å²) < 4.78 is 5.46. The Morgan fingerprint density at radius 3 is 2.76 bits per heavy atom. The smallest absolute Gasteiger partial charge is 0.303 e. The van der Waals surface area contributed by atoms with E-state index in [0.29, 0.717) is 19.7 Å². The SMILES string of the molecule is O=C(O)CC1CCN(C(=O)C2CCCCO2)C1. The van der Waals surface area contributed by atoms with Gasteiger partial charge in [-0.3, -0.25) is 9.59 Å². The average molecular weight is 241 g/mol. The van der Waals surface area contributed by atoms with Crippen molar-refractivity contribution in [2.24, 2.45) is 5.92 Å². The van der Waals surface area contributed by atoms with Crippen LogP contribution in [0.25, 0.3) is 0 Å². The number of rotatable bonds is 3. The number of amides is 1. The van der Waals surface area contributed by atoms with E-state index in [-0.39, 0.29) is 24.3 Å². The van der Waals surface area contributed by atoms with Crippen LogP contribution in [0.5, 0.6) is 0 Å². The molecule has 0 spiro atoms. The highest BCUT2D eigenvalue weighted by molar-refractivity contribution is 5.81. The molecule has 5 nitrogen and oxygen atoms in total. The monoisotopic (exact) mass is 241 g/mol. The van der Waals surface area contributed by atoms with Crippen molar-refractivity contribution in [3.05, 3.63) is 0 Å². The summed E-state index contributed by atoms with van der Waals surface area (Å²) in [6.07, 6.45) is 3.56. The molecule has 17 heavy (non-hydrogen) atoms. The number of carboxylic acid groups (broad SMARTS) is 1. The van der Waals surface area contributed by atoms with Crippen molar-refractivity contribution in [2.45, 2.75) is 38.2 Å². The summed E-state index contributed by atoms with van der Waals surface area (Å²) in [5, 5.41) is 8.72. The van der Waals surface area contributed by atoms with Crippen molar-refractivity contribution in [1.82, 2.24) is 4.90 Å². The molecule has 2 heterocycles. The van der Waals surface area contributed by atoms with E-state index >= 15 is 0 Å². The molecule has 2 rings (SSSR count). The second-order valence-corrected chi connectivity index (χ2v) is 4.89. The third kappa shape index (κ3) is 3.19. The van der Waals surface area contributed by atoms with Gasteiger partial charge in [-0.05, 0) is 31.6 Å². The van der Waals surface area contributed by atoms with Crippen molar-refractivity contribution >= 4 is 11.9 Å². The summed E-state index contributed by atoms with van der Waals surface area (Å²) in [5.74, 6) is -0.615. The predicted molar refractivity (Wildman–Crippen MR) is 60.5 cm³/mol. The Hall–Kier alpha value is -1.10. The Morgan fingerprint density at radius 2 is 2.12 bits per heavy atom. The molecule has 96 valence electrons. The molecule has 2 saturated heterocycles. The summed E-state index contributed by atoms with van der Waals surface area (Å²) in [6.45, 7) is 1.92. The second-order valence-electron chi connectivity index (χ2n) is 4.89. The molecule has 0 aromatic rings. The molecule has 2 unspecified atom stereocenters. The molecule has 5 heteroatoms. The maximum Gasteiger partial charge on any atom is 0.303 e. The molecule has 2 atom stereocenters. The Bertz CT molecular complexity index is 299. The Kier molecular flexibility index (Phi) is 3.99. The fraction of sp³-hybridized carbons (Fsp3) is 0.833. The highest BCUT2D eigenvalue weighted by atomic mass is 16.5. The zero-order valence-electron chi connectivity index (χ0n) is 9.93.